The molecule has 3 heterocycles. The van der Waals surface area contributed by atoms with E-state index in [4.69, 9.17) is 19.4 Å². The Morgan fingerprint density at radius 2 is 1.76 bits per heavy atom. The summed E-state index contributed by atoms with van der Waals surface area (Å²) in [5.41, 5.74) is 7.38. The monoisotopic (exact) mass is 520 g/mol. The third-order valence-electron chi connectivity index (χ3n) is 6.52. The number of hydrogen-bond donors (Lipinski definition) is 0. The van der Waals surface area contributed by atoms with E-state index in [0.717, 1.165) is 59.9 Å². The summed E-state index contributed by atoms with van der Waals surface area (Å²) in [7, 11) is -1.16. The van der Waals surface area contributed by atoms with Crippen molar-refractivity contribution in [3.8, 4) is 22.4 Å². The quantitative estimate of drug-likeness (QED) is 0.195. The number of fused-ring (bicyclic) bond motifs is 1. The van der Waals surface area contributed by atoms with Crippen LogP contribution >= 0.6 is 0 Å². The van der Waals surface area contributed by atoms with Crippen LogP contribution in [0.3, 0.4) is 0 Å². The van der Waals surface area contributed by atoms with Crippen molar-refractivity contribution in [2.45, 2.75) is 64.5 Å². The van der Waals surface area contributed by atoms with E-state index in [0.29, 0.717) is 12.6 Å². The van der Waals surface area contributed by atoms with E-state index < -0.39 is 8.07 Å². The molecule has 3 aromatic heterocycles. The number of ether oxygens (including phenoxy) is 1. The van der Waals surface area contributed by atoms with Gasteiger partial charge in [0.05, 0.1) is 5.69 Å². The maximum atomic E-state index is 13.7. The Balaban J connectivity index is 0.00000102. The Labute approximate surface area is 217 Å². The molecule has 1 aliphatic rings. The van der Waals surface area contributed by atoms with Crippen LogP contribution in [0.15, 0.2) is 48.8 Å². The van der Waals surface area contributed by atoms with Gasteiger partial charge in [0.2, 0.25) is 0 Å². The average molecular weight is 521 g/mol. The normalized spacial score (nSPS) is 13.3. The van der Waals surface area contributed by atoms with E-state index in [1.807, 2.05) is 18.3 Å². The van der Waals surface area contributed by atoms with Crippen LogP contribution < -0.4 is 0 Å². The number of aromatic nitrogens is 4. The van der Waals surface area contributed by atoms with Crippen molar-refractivity contribution < 1.29 is 18.7 Å². The first-order valence-corrected chi connectivity index (χ1v) is 16.4. The lowest BCUT2D eigenvalue weighted by molar-refractivity contribution is -0.191. The van der Waals surface area contributed by atoms with Gasteiger partial charge in [-0.05, 0) is 61.7 Å². The van der Waals surface area contributed by atoms with Gasteiger partial charge in [0, 0.05) is 55.4 Å². The molecule has 0 aliphatic heterocycles. The predicted molar refractivity (Wildman–Crippen MR) is 142 cm³/mol. The van der Waals surface area contributed by atoms with E-state index in [9.17, 15) is 4.39 Å². The Kier molecular flexibility index (Phi) is 8.17. The molecule has 0 bridgehead atoms. The van der Waals surface area contributed by atoms with Crippen LogP contribution in [-0.4, -0.2) is 40.0 Å². The molecule has 0 spiro atoms. The molecule has 37 heavy (non-hydrogen) atoms. The minimum atomic E-state index is -1.16. The van der Waals surface area contributed by atoms with Gasteiger partial charge in [-0.25, -0.2) is 14.1 Å². The van der Waals surface area contributed by atoms with Crippen LogP contribution in [0.2, 0.25) is 25.7 Å². The highest BCUT2D eigenvalue weighted by Gasteiger charge is 2.33. The summed E-state index contributed by atoms with van der Waals surface area (Å²) in [6.07, 6.45) is 7.59. The number of pyridine rings is 1. The molecular formula is C28H33FN4O3Si. The molecule has 7 nitrogen and oxygen atoms in total. The highest BCUT2D eigenvalue weighted by Crippen LogP contribution is 2.47. The third-order valence-corrected chi connectivity index (χ3v) is 8.22. The summed E-state index contributed by atoms with van der Waals surface area (Å²) in [4.78, 5) is 20.8. The molecule has 194 valence electrons. The Morgan fingerprint density at radius 3 is 2.38 bits per heavy atom. The van der Waals surface area contributed by atoms with Crippen molar-refractivity contribution in [3.05, 3.63) is 66.0 Å². The van der Waals surface area contributed by atoms with Crippen LogP contribution in [0, 0.1) is 5.82 Å². The van der Waals surface area contributed by atoms with Gasteiger partial charge < -0.3 is 9.14 Å². The van der Waals surface area contributed by atoms with Crippen molar-refractivity contribution in [2.24, 2.45) is 0 Å². The number of rotatable bonds is 9. The van der Waals surface area contributed by atoms with Crippen molar-refractivity contribution in [2.75, 3.05) is 6.61 Å². The van der Waals surface area contributed by atoms with Crippen LogP contribution in [-0.2, 0) is 27.5 Å². The first-order chi connectivity index (χ1) is 17.8. The molecule has 4 aromatic rings. The minimum absolute atomic E-state index is 0.241. The number of hydrogen-bond acceptors (Lipinski definition) is 5. The average Bonchev–Trinajstić information content (AvgIpc) is 3.50. The Bertz CT molecular complexity index is 1400. The SMILES string of the molecule is CCc1cnc2ccc(-c3c(-c4ccc(F)cc4)nn(COCC[Si](C)(C)C)c3C3CC3)cn12.O=C=O. The van der Waals surface area contributed by atoms with Gasteiger partial charge >= 0.3 is 6.15 Å². The topological polar surface area (TPSA) is 78.5 Å². The number of aryl methyl sites for hydroxylation is 1. The maximum Gasteiger partial charge on any atom is 0.373 e. The number of benzene rings is 1. The zero-order valence-electron chi connectivity index (χ0n) is 21.8. The van der Waals surface area contributed by atoms with E-state index in [1.165, 1.54) is 23.5 Å². The van der Waals surface area contributed by atoms with Crippen molar-refractivity contribution in [1.29, 1.82) is 0 Å². The van der Waals surface area contributed by atoms with E-state index in [-0.39, 0.29) is 12.0 Å². The lowest BCUT2D eigenvalue weighted by Gasteiger charge is -2.16. The van der Waals surface area contributed by atoms with Gasteiger partial charge in [-0.15, -0.1) is 0 Å². The van der Waals surface area contributed by atoms with Crippen LogP contribution in [0.4, 0.5) is 4.39 Å². The predicted octanol–water partition coefficient (Wildman–Crippen LogP) is 6.17. The first-order valence-electron chi connectivity index (χ1n) is 12.7. The fraction of sp³-hybridized carbons (Fsp3) is 0.393. The van der Waals surface area contributed by atoms with Crippen LogP contribution in [0.25, 0.3) is 28.0 Å². The molecule has 1 saturated carbocycles. The zero-order valence-corrected chi connectivity index (χ0v) is 22.8. The number of carbonyl (C=O) groups excluding carboxylic acids is 2. The maximum absolute atomic E-state index is 13.7. The second-order valence-corrected chi connectivity index (χ2v) is 16.2. The van der Waals surface area contributed by atoms with E-state index in [1.54, 1.807) is 0 Å². The molecule has 9 heteroatoms. The van der Waals surface area contributed by atoms with Gasteiger partial charge in [0.1, 0.15) is 23.9 Å². The molecule has 0 saturated heterocycles. The van der Waals surface area contributed by atoms with Gasteiger partial charge in [-0.3, -0.25) is 0 Å². The molecule has 0 N–H and O–H groups in total. The largest absolute Gasteiger partial charge is 0.373 e. The number of nitrogens with zero attached hydrogens (tertiary/aromatic N) is 4. The second kappa shape index (κ2) is 11.3. The fourth-order valence-electron chi connectivity index (χ4n) is 4.41. The van der Waals surface area contributed by atoms with Crippen LogP contribution in [0.5, 0.6) is 0 Å². The molecule has 0 atom stereocenters. The van der Waals surface area contributed by atoms with Gasteiger partial charge in [-0.1, -0.05) is 26.6 Å². The second-order valence-electron chi connectivity index (χ2n) is 10.6. The molecule has 0 radical (unpaired) electrons. The molecule has 1 aliphatic carbocycles. The summed E-state index contributed by atoms with van der Waals surface area (Å²) in [5.74, 6) is 0.232. The summed E-state index contributed by atoms with van der Waals surface area (Å²) < 4.78 is 24.1. The minimum Gasteiger partial charge on any atom is -0.360 e. The lowest BCUT2D eigenvalue weighted by atomic mass is 9.98. The Hall–Kier alpha value is -3.39. The molecule has 5 rings (SSSR count). The number of halogens is 1. The molecule has 0 amide bonds. The van der Waals surface area contributed by atoms with Crippen LogP contribution in [0.1, 0.15) is 37.1 Å². The fourth-order valence-corrected chi connectivity index (χ4v) is 5.17. The molecule has 1 aromatic carbocycles. The summed E-state index contributed by atoms with van der Waals surface area (Å²) in [6.45, 7) is 10.4. The summed E-state index contributed by atoms with van der Waals surface area (Å²) >= 11 is 0. The molecule has 1 fully saturated rings. The summed E-state index contributed by atoms with van der Waals surface area (Å²) in [6, 6.07) is 12.0. The molecular weight excluding hydrogens is 487 g/mol. The van der Waals surface area contributed by atoms with Gasteiger partial charge in [-0.2, -0.15) is 14.7 Å². The van der Waals surface area contributed by atoms with E-state index in [2.05, 4.69) is 59.0 Å². The third kappa shape index (κ3) is 6.30. The summed E-state index contributed by atoms with van der Waals surface area (Å²) in [5, 5.41) is 5.05. The van der Waals surface area contributed by atoms with Gasteiger partial charge in [0.15, 0.2) is 0 Å². The number of imidazole rings is 1. The first kappa shape index (κ1) is 26.7. The Morgan fingerprint density at radius 1 is 1.08 bits per heavy atom. The van der Waals surface area contributed by atoms with Crippen molar-refractivity contribution in [1.82, 2.24) is 19.2 Å². The molecule has 0 unspecified atom stereocenters. The lowest BCUT2D eigenvalue weighted by Crippen LogP contribution is -2.22. The van der Waals surface area contributed by atoms with Crippen molar-refractivity contribution in [3.63, 3.8) is 0 Å². The zero-order chi connectivity index (χ0) is 26.6. The standard InChI is InChI=1S/C27H33FN4OSi.CO2/c1-5-23-16-29-24-13-10-21(17-31(23)24)25-26(19-8-11-22(28)12-9-19)30-32(27(25)20-6-7-20)18-33-14-15-34(2,3)4;2-1-3/h8-13,16-17,20H,5-7,14-15,18H2,1-4H3;. The highest BCUT2D eigenvalue weighted by molar-refractivity contribution is 6.76. The smallest absolute Gasteiger partial charge is 0.360 e. The van der Waals surface area contributed by atoms with Crippen molar-refractivity contribution >= 4 is 19.9 Å². The van der Waals surface area contributed by atoms with E-state index >= 15 is 0 Å². The van der Waals surface area contributed by atoms with Gasteiger partial charge in [0.25, 0.3) is 0 Å². The highest BCUT2D eigenvalue weighted by atomic mass is 28.3.